The van der Waals surface area contributed by atoms with Crippen LogP contribution in [0.2, 0.25) is 0 Å². The maximum Gasteiger partial charge on any atom is 0.123 e. The third-order valence-corrected chi connectivity index (χ3v) is 3.36. The van der Waals surface area contributed by atoms with Crippen molar-refractivity contribution in [2.75, 3.05) is 12.4 Å². The molecule has 0 bridgehead atoms. The fraction of sp³-hybridized carbons (Fsp3) is 0.538. The van der Waals surface area contributed by atoms with Gasteiger partial charge in [0.25, 0.3) is 0 Å². The molecule has 0 aliphatic heterocycles. The molecule has 0 aliphatic carbocycles. The number of hydrogen-bond donors (Lipinski definition) is 0. The summed E-state index contributed by atoms with van der Waals surface area (Å²) in [5.74, 6) is 1.44. The minimum Gasteiger partial charge on any atom is -0.496 e. The molecule has 3 heteroatoms. The standard InChI is InChI=1S/C13H18BrFO/c1-9(2)6-10(8-14)12-7-11(15)4-5-13(12)16-3/h4-5,7,9-10H,6,8H2,1-3H3. The predicted molar refractivity (Wildman–Crippen MR) is 68.9 cm³/mol. The molecule has 90 valence electrons. The molecular formula is C13H18BrFO. The van der Waals surface area contributed by atoms with Crippen LogP contribution in [0, 0.1) is 11.7 Å². The van der Waals surface area contributed by atoms with Gasteiger partial charge in [0, 0.05) is 10.9 Å². The van der Waals surface area contributed by atoms with Gasteiger partial charge in [-0.15, -0.1) is 0 Å². The van der Waals surface area contributed by atoms with Gasteiger partial charge < -0.3 is 4.74 Å². The summed E-state index contributed by atoms with van der Waals surface area (Å²) < 4.78 is 18.5. The molecular weight excluding hydrogens is 271 g/mol. The highest BCUT2D eigenvalue weighted by molar-refractivity contribution is 9.09. The molecule has 16 heavy (non-hydrogen) atoms. The lowest BCUT2D eigenvalue weighted by molar-refractivity contribution is 0.400. The second-order valence-electron chi connectivity index (χ2n) is 4.37. The number of ether oxygens (including phenoxy) is 1. The average Bonchev–Trinajstić information content (AvgIpc) is 2.25. The van der Waals surface area contributed by atoms with Crippen molar-refractivity contribution in [2.24, 2.45) is 5.92 Å². The summed E-state index contributed by atoms with van der Waals surface area (Å²) in [6.07, 6.45) is 1.02. The molecule has 1 rings (SSSR count). The largest absolute Gasteiger partial charge is 0.496 e. The Bertz CT molecular complexity index is 339. The van der Waals surface area contributed by atoms with Gasteiger partial charge in [-0.3, -0.25) is 0 Å². The molecule has 1 nitrogen and oxygen atoms in total. The Morgan fingerprint density at radius 3 is 2.56 bits per heavy atom. The number of benzene rings is 1. The Labute approximate surface area is 105 Å². The number of hydrogen-bond acceptors (Lipinski definition) is 1. The van der Waals surface area contributed by atoms with Crippen LogP contribution >= 0.6 is 15.9 Å². The van der Waals surface area contributed by atoms with Gasteiger partial charge in [-0.05, 0) is 36.5 Å². The smallest absolute Gasteiger partial charge is 0.123 e. The first-order valence-electron chi connectivity index (χ1n) is 5.47. The zero-order valence-electron chi connectivity index (χ0n) is 9.97. The van der Waals surface area contributed by atoms with E-state index in [0.717, 1.165) is 23.1 Å². The molecule has 1 unspecified atom stereocenters. The molecule has 0 spiro atoms. The molecule has 0 radical (unpaired) electrons. The maximum absolute atomic E-state index is 13.2. The Morgan fingerprint density at radius 1 is 1.38 bits per heavy atom. The van der Waals surface area contributed by atoms with Crippen molar-refractivity contribution in [3.8, 4) is 5.75 Å². The lowest BCUT2D eigenvalue weighted by atomic mass is 9.91. The van der Waals surface area contributed by atoms with E-state index in [1.807, 2.05) is 0 Å². The molecule has 0 amide bonds. The summed E-state index contributed by atoms with van der Waals surface area (Å²) in [5, 5.41) is 0.824. The summed E-state index contributed by atoms with van der Waals surface area (Å²) in [6, 6.07) is 4.71. The van der Waals surface area contributed by atoms with Gasteiger partial charge in [-0.1, -0.05) is 29.8 Å². The van der Waals surface area contributed by atoms with Crippen molar-refractivity contribution >= 4 is 15.9 Å². The van der Waals surface area contributed by atoms with Gasteiger partial charge in [-0.25, -0.2) is 4.39 Å². The second kappa shape index (κ2) is 6.24. The monoisotopic (exact) mass is 288 g/mol. The van der Waals surface area contributed by atoms with Crippen LogP contribution in [0.3, 0.4) is 0 Å². The van der Waals surface area contributed by atoms with Gasteiger partial charge in [0.1, 0.15) is 11.6 Å². The van der Waals surface area contributed by atoms with E-state index in [0.29, 0.717) is 11.8 Å². The first kappa shape index (κ1) is 13.5. The fourth-order valence-electron chi connectivity index (χ4n) is 1.87. The molecule has 0 heterocycles. The van der Waals surface area contributed by atoms with Crippen LogP contribution in [-0.4, -0.2) is 12.4 Å². The SMILES string of the molecule is COc1ccc(F)cc1C(CBr)CC(C)C. The maximum atomic E-state index is 13.2. The lowest BCUT2D eigenvalue weighted by Crippen LogP contribution is -2.06. The first-order valence-corrected chi connectivity index (χ1v) is 6.60. The Kier molecular flexibility index (Phi) is 5.26. The van der Waals surface area contributed by atoms with Crippen molar-refractivity contribution in [1.29, 1.82) is 0 Å². The van der Waals surface area contributed by atoms with Crippen molar-refractivity contribution in [3.63, 3.8) is 0 Å². The van der Waals surface area contributed by atoms with Crippen molar-refractivity contribution in [2.45, 2.75) is 26.2 Å². The van der Waals surface area contributed by atoms with Gasteiger partial charge in [0.15, 0.2) is 0 Å². The van der Waals surface area contributed by atoms with Crippen molar-refractivity contribution < 1.29 is 9.13 Å². The van der Waals surface area contributed by atoms with E-state index in [-0.39, 0.29) is 5.82 Å². The Morgan fingerprint density at radius 2 is 2.06 bits per heavy atom. The van der Waals surface area contributed by atoms with E-state index in [1.165, 1.54) is 6.07 Å². The van der Waals surface area contributed by atoms with Crippen LogP contribution in [0.5, 0.6) is 5.75 Å². The average molecular weight is 289 g/mol. The highest BCUT2D eigenvalue weighted by Crippen LogP contribution is 2.33. The summed E-state index contributed by atoms with van der Waals surface area (Å²) in [6.45, 7) is 4.34. The van der Waals surface area contributed by atoms with E-state index in [1.54, 1.807) is 19.2 Å². The molecule has 1 aromatic rings. The minimum atomic E-state index is -0.203. The Hall–Kier alpha value is -0.570. The fourth-order valence-corrected chi connectivity index (χ4v) is 2.48. The molecule has 0 aliphatic rings. The number of rotatable bonds is 5. The molecule has 1 aromatic carbocycles. The normalized spacial score (nSPS) is 12.9. The van der Waals surface area contributed by atoms with Gasteiger partial charge in [0.05, 0.1) is 7.11 Å². The van der Waals surface area contributed by atoms with Crippen LogP contribution < -0.4 is 4.74 Å². The molecule has 0 aromatic heterocycles. The highest BCUT2D eigenvalue weighted by atomic mass is 79.9. The zero-order valence-corrected chi connectivity index (χ0v) is 11.6. The lowest BCUT2D eigenvalue weighted by Gasteiger charge is -2.19. The summed E-state index contributed by atoms with van der Waals surface area (Å²) in [7, 11) is 1.62. The summed E-state index contributed by atoms with van der Waals surface area (Å²) >= 11 is 3.49. The van der Waals surface area contributed by atoms with Crippen molar-refractivity contribution in [3.05, 3.63) is 29.6 Å². The molecule has 0 saturated carbocycles. The third-order valence-electron chi connectivity index (χ3n) is 2.57. The summed E-state index contributed by atoms with van der Waals surface area (Å²) in [4.78, 5) is 0. The van der Waals surface area contributed by atoms with E-state index >= 15 is 0 Å². The number of halogens is 2. The molecule has 0 N–H and O–H groups in total. The topological polar surface area (TPSA) is 9.23 Å². The molecule has 1 atom stereocenters. The Balaban J connectivity index is 3.02. The summed E-state index contributed by atoms with van der Waals surface area (Å²) in [5.41, 5.74) is 0.952. The quantitative estimate of drug-likeness (QED) is 0.732. The zero-order chi connectivity index (χ0) is 12.1. The van der Waals surface area contributed by atoms with E-state index < -0.39 is 0 Å². The van der Waals surface area contributed by atoms with Gasteiger partial charge in [0.2, 0.25) is 0 Å². The van der Waals surface area contributed by atoms with Gasteiger partial charge >= 0.3 is 0 Å². The van der Waals surface area contributed by atoms with Crippen LogP contribution in [0.15, 0.2) is 18.2 Å². The second-order valence-corrected chi connectivity index (χ2v) is 5.01. The number of alkyl halides is 1. The molecule has 0 saturated heterocycles. The highest BCUT2D eigenvalue weighted by Gasteiger charge is 2.17. The minimum absolute atomic E-state index is 0.203. The predicted octanol–water partition coefficient (Wildman–Crippen LogP) is 4.36. The number of methoxy groups -OCH3 is 1. The van der Waals surface area contributed by atoms with E-state index in [9.17, 15) is 4.39 Å². The van der Waals surface area contributed by atoms with Crippen LogP contribution in [-0.2, 0) is 0 Å². The first-order chi connectivity index (χ1) is 7.58. The molecule has 0 fully saturated rings. The van der Waals surface area contributed by atoms with Crippen molar-refractivity contribution in [1.82, 2.24) is 0 Å². The van der Waals surface area contributed by atoms with Crippen LogP contribution in [0.1, 0.15) is 31.7 Å². The van der Waals surface area contributed by atoms with E-state index in [4.69, 9.17) is 4.74 Å². The third kappa shape index (κ3) is 3.48. The van der Waals surface area contributed by atoms with Crippen LogP contribution in [0.4, 0.5) is 4.39 Å². The van der Waals surface area contributed by atoms with Gasteiger partial charge in [-0.2, -0.15) is 0 Å². The van der Waals surface area contributed by atoms with E-state index in [2.05, 4.69) is 29.8 Å². The van der Waals surface area contributed by atoms with Crippen LogP contribution in [0.25, 0.3) is 0 Å².